The van der Waals surface area contributed by atoms with Gasteiger partial charge in [-0.25, -0.2) is 8.42 Å². The van der Waals surface area contributed by atoms with E-state index in [1.807, 2.05) is 55.5 Å². The van der Waals surface area contributed by atoms with Crippen molar-refractivity contribution in [1.29, 1.82) is 0 Å². The third kappa shape index (κ3) is 4.45. The molecule has 168 valence electrons. The second-order valence-electron chi connectivity index (χ2n) is 7.87. The van der Waals surface area contributed by atoms with Crippen LogP contribution in [0.4, 0.5) is 5.69 Å². The van der Waals surface area contributed by atoms with Crippen molar-refractivity contribution in [2.24, 2.45) is 0 Å². The molecular formula is C25H27NO5S. The van der Waals surface area contributed by atoms with E-state index in [-0.39, 0.29) is 24.2 Å². The zero-order chi connectivity index (χ0) is 22.7. The van der Waals surface area contributed by atoms with Gasteiger partial charge in [-0.1, -0.05) is 30.3 Å². The Balaban J connectivity index is 1.80. The molecule has 1 heterocycles. The number of aliphatic hydroxyl groups is 1. The van der Waals surface area contributed by atoms with Crippen molar-refractivity contribution in [3.63, 3.8) is 0 Å². The molecule has 0 bridgehead atoms. The summed E-state index contributed by atoms with van der Waals surface area (Å²) in [6.45, 7) is 2.09. The fraction of sp³-hybridized carbons (Fsp3) is 0.280. The summed E-state index contributed by atoms with van der Waals surface area (Å²) in [7, 11) is -2.19. The SMILES string of the molecule is COc1cccc(-c2ccc3c(c2)N(S(=O)(=O)c2cccc(C)c2)C[C@H](CCCO)O3)c1. The molecule has 6 nitrogen and oxygen atoms in total. The van der Waals surface area contributed by atoms with Crippen LogP contribution >= 0.6 is 0 Å². The lowest BCUT2D eigenvalue weighted by atomic mass is 10.0. The van der Waals surface area contributed by atoms with Crippen LogP contribution in [0.25, 0.3) is 11.1 Å². The molecule has 0 spiro atoms. The number of hydrogen-bond donors (Lipinski definition) is 1. The molecule has 0 unspecified atom stereocenters. The lowest BCUT2D eigenvalue weighted by molar-refractivity contribution is 0.172. The van der Waals surface area contributed by atoms with Gasteiger partial charge < -0.3 is 14.6 Å². The molecular weight excluding hydrogens is 426 g/mol. The minimum absolute atomic E-state index is 0.0339. The van der Waals surface area contributed by atoms with Crippen molar-refractivity contribution in [3.8, 4) is 22.6 Å². The van der Waals surface area contributed by atoms with Gasteiger partial charge in [-0.3, -0.25) is 4.31 Å². The number of aliphatic hydroxyl groups excluding tert-OH is 1. The highest BCUT2D eigenvalue weighted by molar-refractivity contribution is 7.92. The van der Waals surface area contributed by atoms with E-state index < -0.39 is 10.0 Å². The van der Waals surface area contributed by atoms with Crippen LogP contribution in [0.5, 0.6) is 11.5 Å². The number of methoxy groups -OCH3 is 1. The number of hydrogen-bond acceptors (Lipinski definition) is 5. The molecule has 1 N–H and O–H groups in total. The van der Waals surface area contributed by atoms with E-state index in [9.17, 15) is 13.5 Å². The van der Waals surface area contributed by atoms with Gasteiger partial charge in [0.05, 0.1) is 24.2 Å². The van der Waals surface area contributed by atoms with Crippen molar-refractivity contribution in [2.45, 2.75) is 30.8 Å². The summed E-state index contributed by atoms with van der Waals surface area (Å²) in [6.07, 6.45) is 0.769. The Morgan fingerprint density at radius 2 is 1.84 bits per heavy atom. The van der Waals surface area contributed by atoms with Crippen LogP contribution in [-0.4, -0.2) is 39.9 Å². The number of nitrogens with zero attached hydrogens (tertiary/aromatic N) is 1. The first-order valence-corrected chi connectivity index (χ1v) is 12.0. The second-order valence-corrected chi connectivity index (χ2v) is 9.74. The number of ether oxygens (including phenoxy) is 2. The number of anilines is 1. The molecule has 0 aliphatic carbocycles. The molecule has 0 aromatic heterocycles. The van der Waals surface area contributed by atoms with Crippen molar-refractivity contribution < 1.29 is 23.0 Å². The maximum Gasteiger partial charge on any atom is 0.264 e. The minimum atomic E-state index is -3.80. The Morgan fingerprint density at radius 1 is 1.06 bits per heavy atom. The van der Waals surface area contributed by atoms with E-state index in [1.54, 1.807) is 25.3 Å². The first-order chi connectivity index (χ1) is 15.4. The summed E-state index contributed by atoms with van der Waals surface area (Å²) in [4.78, 5) is 0.248. The third-order valence-corrected chi connectivity index (χ3v) is 7.33. The fourth-order valence-corrected chi connectivity index (χ4v) is 5.50. The summed E-state index contributed by atoms with van der Waals surface area (Å²) >= 11 is 0. The van der Waals surface area contributed by atoms with Crippen LogP contribution < -0.4 is 13.8 Å². The first-order valence-electron chi connectivity index (χ1n) is 10.6. The van der Waals surface area contributed by atoms with Crippen LogP contribution in [0, 0.1) is 6.92 Å². The summed E-state index contributed by atoms with van der Waals surface area (Å²) < 4.78 is 40.2. The van der Waals surface area contributed by atoms with E-state index in [0.29, 0.717) is 24.3 Å². The van der Waals surface area contributed by atoms with E-state index in [0.717, 1.165) is 22.4 Å². The normalized spacial score (nSPS) is 15.7. The predicted octanol–water partition coefficient (Wildman–Crippen LogP) is 4.40. The Hall–Kier alpha value is -3.03. The largest absolute Gasteiger partial charge is 0.497 e. The smallest absolute Gasteiger partial charge is 0.264 e. The van der Waals surface area contributed by atoms with Crippen LogP contribution in [0.3, 0.4) is 0 Å². The average Bonchev–Trinajstić information content (AvgIpc) is 2.81. The summed E-state index contributed by atoms with van der Waals surface area (Å²) in [5.41, 5.74) is 3.17. The first kappa shape index (κ1) is 22.2. The monoisotopic (exact) mass is 453 g/mol. The van der Waals surface area contributed by atoms with E-state index in [4.69, 9.17) is 9.47 Å². The molecule has 1 atom stereocenters. The second kappa shape index (κ2) is 9.22. The fourth-order valence-electron chi connectivity index (χ4n) is 3.89. The number of aryl methyl sites for hydroxylation is 1. The van der Waals surface area contributed by atoms with Crippen molar-refractivity contribution in [2.75, 3.05) is 24.6 Å². The molecule has 1 aliphatic rings. The number of sulfonamides is 1. The quantitative estimate of drug-likeness (QED) is 0.574. The van der Waals surface area contributed by atoms with Crippen molar-refractivity contribution in [3.05, 3.63) is 72.3 Å². The highest BCUT2D eigenvalue weighted by atomic mass is 32.2. The molecule has 1 aliphatic heterocycles. The van der Waals surface area contributed by atoms with Gasteiger partial charge in [-0.15, -0.1) is 0 Å². The molecule has 0 saturated heterocycles. The van der Waals surface area contributed by atoms with E-state index >= 15 is 0 Å². The number of fused-ring (bicyclic) bond motifs is 1. The molecule has 0 radical (unpaired) electrons. The minimum Gasteiger partial charge on any atom is -0.497 e. The topological polar surface area (TPSA) is 76.1 Å². The standard InChI is InChI=1S/C25H27NO5S/c1-18-6-3-10-23(14-18)32(28,29)26-17-22(9-5-13-27)31-25-12-11-20(16-24(25)26)19-7-4-8-21(15-19)30-2/h3-4,6-8,10-12,14-16,22,27H,5,9,13,17H2,1-2H3/t22-/m0/s1. The highest BCUT2D eigenvalue weighted by Crippen LogP contribution is 2.41. The van der Waals surface area contributed by atoms with Gasteiger partial charge in [-0.2, -0.15) is 0 Å². The van der Waals surface area contributed by atoms with Gasteiger partial charge in [0.25, 0.3) is 10.0 Å². The molecule has 0 amide bonds. The van der Waals surface area contributed by atoms with Gasteiger partial charge in [-0.05, 0) is 72.9 Å². The summed E-state index contributed by atoms with van der Waals surface area (Å²) in [6, 6.07) is 20.1. The maximum atomic E-state index is 13.7. The molecule has 32 heavy (non-hydrogen) atoms. The van der Waals surface area contributed by atoms with E-state index in [1.165, 1.54) is 4.31 Å². The molecule has 0 fully saturated rings. The Bertz CT molecular complexity index is 1210. The zero-order valence-corrected chi connectivity index (χ0v) is 19.0. The molecule has 4 rings (SSSR count). The third-order valence-electron chi connectivity index (χ3n) is 5.56. The highest BCUT2D eigenvalue weighted by Gasteiger charge is 2.34. The molecule has 3 aromatic rings. The Morgan fingerprint density at radius 3 is 2.59 bits per heavy atom. The van der Waals surface area contributed by atoms with Gasteiger partial charge in [0.1, 0.15) is 17.6 Å². The molecule has 3 aromatic carbocycles. The Kier molecular flexibility index (Phi) is 6.39. The lowest BCUT2D eigenvalue weighted by Gasteiger charge is -2.36. The van der Waals surface area contributed by atoms with Crippen molar-refractivity contribution >= 4 is 15.7 Å². The van der Waals surface area contributed by atoms with Gasteiger partial charge in [0.15, 0.2) is 0 Å². The van der Waals surface area contributed by atoms with Crippen LogP contribution in [0.1, 0.15) is 18.4 Å². The number of benzene rings is 3. The van der Waals surface area contributed by atoms with Gasteiger partial charge >= 0.3 is 0 Å². The number of rotatable bonds is 7. The molecule has 0 saturated carbocycles. The van der Waals surface area contributed by atoms with Gasteiger partial charge in [0, 0.05) is 6.61 Å². The van der Waals surface area contributed by atoms with E-state index in [2.05, 4.69) is 0 Å². The average molecular weight is 454 g/mol. The Labute approximate surface area is 189 Å². The zero-order valence-electron chi connectivity index (χ0n) is 18.2. The van der Waals surface area contributed by atoms with Gasteiger partial charge in [0.2, 0.25) is 0 Å². The predicted molar refractivity (Wildman–Crippen MR) is 125 cm³/mol. The summed E-state index contributed by atoms with van der Waals surface area (Å²) in [5.74, 6) is 1.24. The van der Waals surface area contributed by atoms with Crippen LogP contribution in [-0.2, 0) is 10.0 Å². The summed E-state index contributed by atoms with van der Waals surface area (Å²) in [5, 5.41) is 9.23. The van der Waals surface area contributed by atoms with Crippen LogP contribution in [0.15, 0.2) is 71.6 Å². The van der Waals surface area contributed by atoms with Crippen LogP contribution in [0.2, 0.25) is 0 Å². The van der Waals surface area contributed by atoms with Crippen molar-refractivity contribution in [1.82, 2.24) is 0 Å². The molecule has 7 heteroatoms. The lowest BCUT2D eigenvalue weighted by Crippen LogP contribution is -2.43. The maximum absolute atomic E-state index is 13.7.